The topological polar surface area (TPSA) is 107 Å². The van der Waals surface area contributed by atoms with Crippen LogP contribution in [-0.4, -0.2) is 44.0 Å². The van der Waals surface area contributed by atoms with Crippen LogP contribution in [0.15, 0.2) is 60.7 Å². The molecule has 140 valence electrons. The lowest BCUT2D eigenvalue weighted by molar-refractivity contribution is -0.128. The number of rotatable bonds is 7. The van der Waals surface area contributed by atoms with Gasteiger partial charge in [0.25, 0.3) is 11.8 Å². The minimum absolute atomic E-state index is 0.269. The highest BCUT2D eigenvalue weighted by Crippen LogP contribution is 2.09. The third-order valence-corrected chi connectivity index (χ3v) is 5.38. The molecule has 0 radical (unpaired) electrons. The lowest BCUT2D eigenvalue weighted by atomic mass is 10.2. The van der Waals surface area contributed by atoms with Gasteiger partial charge in [-0.1, -0.05) is 48.5 Å². The van der Waals surface area contributed by atoms with Gasteiger partial charge >= 0.3 is 0 Å². The number of amides is 2. The third kappa shape index (κ3) is 5.94. The fourth-order valence-electron chi connectivity index (χ4n) is 2.43. The zero-order valence-electron chi connectivity index (χ0n) is 14.7. The van der Waals surface area contributed by atoms with Crippen LogP contribution >= 0.6 is 0 Å². The molecule has 0 aliphatic heterocycles. The third-order valence-electron chi connectivity index (χ3n) is 3.77. The highest BCUT2D eigenvalue weighted by molar-refractivity contribution is 7.90. The second-order valence-corrected chi connectivity index (χ2v) is 8.04. The smallest absolute Gasteiger partial charge is 0.258 e. The average Bonchev–Trinajstić information content (AvgIpc) is 2.67. The highest BCUT2D eigenvalue weighted by Gasteiger charge is 2.30. The molecule has 8 heteroatoms. The predicted molar refractivity (Wildman–Crippen MR) is 100 cm³/mol. The molecule has 0 bridgehead atoms. The van der Waals surface area contributed by atoms with E-state index in [0.717, 1.165) is 0 Å². The summed E-state index contributed by atoms with van der Waals surface area (Å²) in [6.07, 6.45) is 1.63. The minimum atomic E-state index is -3.72. The summed E-state index contributed by atoms with van der Waals surface area (Å²) in [6.45, 7) is 0. The Hall–Kier alpha value is -3.18. The summed E-state index contributed by atoms with van der Waals surface area (Å²) in [6, 6.07) is 15.3. The van der Waals surface area contributed by atoms with Crippen LogP contribution in [0.4, 0.5) is 0 Å². The zero-order valence-corrected chi connectivity index (χ0v) is 15.5. The van der Waals surface area contributed by atoms with Crippen LogP contribution < -0.4 is 5.32 Å². The van der Waals surface area contributed by atoms with E-state index in [1.54, 1.807) is 66.9 Å². The number of hydrogen-bond donors (Lipinski definition) is 1. The van der Waals surface area contributed by atoms with E-state index in [0.29, 0.717) is 10.5 Å². The molecule has 0 fully saturated rings. The zero-order chi connectivity index (χ0) is 19.9. The summed E-state index contributed by atoms with van der Waals surface area (Å²) in [5.74, 6) is -2.26. The summed E-state index contributed by atoms with van der Waals surface area (Å²) in [5.41, 5.74) is 0.863. The number of hydrogen-bond acceptors (Lipinski definition) is 5. The number of nitriles is 1. The lowest BCUT2D eigenvalue weighted by Gasteiger charge is -2.20. The number of carbonyl (C=O) groups is 2. The summed E-state index contributed by atoms with van der Waals surface area (Å²) >= 11 is 0. The van der Waals surface area contributed by atoms with Crippen LogP contribution in [0.2, 0.25) is 0 Å². The van der Waals surface area contributed by atoms with E-state index < -0.39 is 33.4 Å². The molecule has 27 heavy (non-hydrogen) atoms. The number of carbonyl (C=O) groups excluding carboxylic acids is 2. The Morgan fingerprint density at radius 3 is 2.19 bits per heavy atom. The van der Waals surface area contributed by atoms with Crippen molar-refractivity contribution >= 4 is 21.7 Å². The second-order valence-electron chi connectivity index (χ2n) is 5.93. The Bertz CT molecular complexity index is 938. The SMILES string of the molecule is CN(C#N)C(=O)[C@H](CS(=O)(=O)Cc1ccccc1)NC(=O)c1ccccc1. The Kier molecular flexibility index (Phi) is 6.68. The van der Waals surface area contributed by atoms with Crippen molar-refractivity contribution < 1.29 is 18.0 Å². The normalized spacial score (nSPS) is 11.9. The van der Waals surface area contributed by atoms with Crippen molar-refractivity contribution in [2.24, 2.45) is 0 Å². The van der Waals surface area contributed by atoms with E-state index in [4.69, 9.17) is 5.26 Å². The Balaban J connectivity index is 2.20. The molecule has 2 aromatic carbocycles. The Morgan fingerprint density at radius 2 is 1.63 bits per heavy atom. The quantitative estimate of drug-likeness (QED) is 0.572. The molecular weight excluding hydrogens is 366 g/mol. The first kappa shape index (κ1) is 20.1. The number of likely N-dealkylation sites (N-methyl/N-ethyl adjacent to an activating group) is 1. The van der Waals surface area contributed by atoms with E-state index in [-0.39, 0.29) is 11.3 Å². The van der Waals surface area contributed by atoms with Gasteiger partial charge in [-0.3, -0.25) is 14.5 Å². The first-order valence-corrected chi connectivity index (χ1v) is 9.92. The van der Waals surface area contributed by atoms with Gasteiger partial charge in [0.1, 0.15) is 6.04 Å². The molecule has 0 saturated heterocycles. The van der Waals surface area contributed by atoms with Crippen LogP contribution in [0.5, 0.6) is 0 Å². The van der Waals surface area contributed by atoms with Gasteiger partial charge in [-0.15, -0.1) is 0 Å². The van der Waals surface area contributed by atoms with Gasteiger partial charge < -0.3 is 5.32 Å². The van der Waals surface area contributed by atoms with E-state index in [9.17, 15) is 18.0 Å². The van der Waals surface area contributed by atoms with Crippen molar-refractivity contribution in [2.45, 2.75) is 11.8 Å². The number of sulfone groups is 1. The lowest BCUT2D eigenvalue weighted by Crippen LogP contribution is -2.50. The molecule has 2 rings (SSSR count). The molecule has 0 aliphatic carbocycles. The van der Waals surface area contributed by atoms with Crippen LogP contribution in [0.25, 0.3) is 0 Å². The van der Waals surface area contributed by atoms with Crippen LogP contribution in [0.1, 0.15) is 15.9 Å². The molecule has 0 aliphatic rings. The van der Waals surface area contributed by atoms with Crippen LogP contribution in [0.3, 0.4) is 0 Å². The summed E-state index contributed by atoms with van der Waals surface area (Å²) in [7, 11) is -2.50. The van der Waals surface area contributed by atoms with Crippen molar-refractivity contribution in [3.8, 4) is 6.19 Å². The number of nitrogens with one attached hydrogen (secondary N) is 1. The van der Waals surface area contributed by atoms with E-state index >= 15 is 0 Å². The van der Waals surface area contributed by atoms with Gasteiger partial charge in [0.2, 0.25) is 0 Å². The van der Waals surface area contributed by atoms with Crippen molar-refractivity contribution in [1.29, 1.82) is 5.26 Å². The molecule has 2 aromatic rings. The Labute approximate surface area is 158 Å². The van der Waals surface area contributed by atoms with Gasteiger partial charge in [-0.05, 0) is 17.7 Å². The number of nitrogens with zero attached hydrogens (tertiary/aromatic N) is 2. The maximum atomic E-state index is 12.5. The van der Waals surface area contributed by atoms with Gasteiger partial charge in [0.05, 0.1) is 11.5 Å². The summed E-state index contributed by atoms with van der Waals surface area (Å²) in [5, 5.41) is 11.4. The van der Waals surface area contributed by atoms with E-state index in [1.807, 2.05) is 0 Å². The van der Waals surface area contributed by atoms with Crippen molar-refractivity contribution in [3.63, 3.8) is 0 Å². The fraction of sp³-hybridized carbons (Fsp3) is 0.211. The van der Waals surface area contributed by atoms with Gasteiger partial charge in [-0.25, -0.2) is 8.42 Å². The van der Waals surface area contributed by atoms with Crippen LogP contribution in [-0.2, 0) is 20.4 Å². The maximum Gasteiger partial charge on any atom is 0.258 e. The number of benzene rings is 2. The first-order valence-electron chi connectivity index (χ1n) is 8.10. The molecule has 0 aromatic heterocycles. The van der Waals surface area contributed by atoms with Gasteiger partial charge in [0.15, 0.2) is 16.0 Å². The highest BCUT2D eigenvalue weighted by atomic mass is 32.2. The predicted octanol–water partition coefficient (Wildman–Crippen LogP) is 1.34. The molecule has 1 atom stereocenters. The van der Waals surface area contributed by atoms with Gasteiger partial charge in [0, 0.05) is 12.6 Å². The van der Waals surface area contributed by atoms with Gasteiger partial charge in [-0.2, -0.15) is 5.26 Å². The molecule has 1 N–H and O–H groups in total. The minimum Gasteiger partial charge on any atom is -0.339 e. The molecule has 0 unspecified atom stereocenters. The molecule has 0 spiro atoms. The van der Waals surface area contributed by atoms with Crippen molar-refractivity contribution in [3.05, 3.63) is 71.8 Å². The molecule has 0 heterocycles. The van der Waals surface area contributed by atoms with Crippen molar-refractivity contribution in [1.82, 2.24) is 10.2 Å². The van der Waals surface area contributed by atoms with Crippen LogP contribution in [0, 0.1) is 11.5 Å². The average molecular weight is 385 g/mol. The monoisotopic (exact) mass is 385 g/mol. The van der Waals surface area contributed by atoms with Crippen molar-refractivity contribution in [2.75, 3.05) is 12.8 Å². The standard InChI is InChI=1S/C19H19N3O4S/c1-22(14-20)19(24)17(21-18(23)16-10-6-3-7-11-16)13-27(25,26)12-15-8-4-2-5-9-15/h2-11,17H,12-13H2,1H3,(H,21,23)/t17-/m0/s1. The molecule has 0 saturated carbocycles. The first-order chi connectivity index (χ1) is 12.8. The Morgan fingerprint density at radius 1 is 1.07 bits per heavy atom. The second kappa shape index (κ2) is 8.96. The summed E-state index contributed by atoms with van der Waals surface area (Å²) in [4.78, 5) is 25.5. The molecule has 7 nitrogen and oxygen atoms in total. The molecular formula is C19H19N3O4S. The fourth-order valence-corrected chi connectivity index (χ4v) is 3.98. The molecule has 2 amide bonds. The summed E-state index contributed by atoms with van der Waals surface area (Å²) < 4.78 is 25.1. The maximum absolute atomic E-state index is 12.5. The van der Waals surface area contributed by atoms with E-state index in [1.165, 1.54) is 7.05 Å². The largest absolute Gasteiger partial charge is 0.339 e. The van der Waals surface area contributed by atoms with E-state index in [2.05, 4.69) is 5.32 Å².